The van der Waals surface area contributed by atoms with Crippen LogP contribution in [0.15, 0.2) is 36.4 Å². The van der Waals surface area contributed by atoms with Crippen LogP contribution in [0.25, 0.3) is 10.2 Å². The van der Waals surface area contributed by atoms with Crippen molar-refractivity contribution in [2.24, 2.45) is 0 Å². The minimum Gasteiger partial charge on any atom is -0.302 e. The second kappa shape index (κ2) is 10.6. The van der Waals surface area contributed by atoms with Gasteiger partial charge in [-0.25, -0.2) is 4.98 Å². The minimum atomic E-state index is -0.427. The summed E-state index contributed by atoms with van der Waals surface area (Å²) < 4.78 is 1.02. The zero-order chi connectivity index (χ0) is 23.7. The molecule has 0 spiro atoms. The molecule has 180 valence electrons. The summed E-state index contributed by atoms with van der Waals surface area (Å²) in [6.45, 7) is 10.8. The number of hydrogen-bond acceptors (Lipinski definition) is 6. The number of carbonyl (C=O) groups excluding carboxylic acids is 3. The monoisotopic (exact) mass is 500 g/mol. The third-order valence-corrected chi connectivity index (χ3v) is 7.08. The molecule has 7 nitrogen and oxygen atoms in total. The number of aryl methyl sites for hydroxylation is 2. The van der Waals surface area contributed by atoms with Crippen molar-refractivity contribution in [3.63, 3.8) is 0 Å². The molecule has 0 saturated carbocycles. The second-order valence-corrected chi connectivity index (χ2v) is 9.25. The fraction of sp³-hybridized carbons (Fsp3) is 0.360. The number of carbonyl (C=O) groups is 3. The molecule has 0 fully saturated rings. The van der Waals surface area contributed by atoms with Crippen LogP contribution in [0.3, 0.4) is 0 Å². The van der Waals surface area contributed by atoms with Crippen molar-refractivity contribution in [3.8, 4) is 0 Å². The van der Waals surface area contributed by atoms with Crippen LogP contribution in [0.5, 0.6) is 0 Å². The number of hydrogen-bond donors (Lipinski definition) is 0. The lowest BCUT2D eigenvalue weighted by Crippen LogP contribution is -2.45. The molecule has 0 saturated heterocycles. The highest BCUT2D eigenvalue weighted by atomic mass is 35.5. The predicted octanol–water partition coefficient (Wildman–Crippen LogP) is 4.31. The summed E-state index contributed by atoms with van der Waals surface area (Å²) in [5.74, 6) is -1.17. The molecule has 0 bridgehead atoms. The predicted molar refractivity (Wildman–Crippen MR) is 138 cm³/mol. The summed E-state index contributed by atoms with van der Waals surface area (Å²) in [6.07, 6.45) is 0. The third-order valence-electron chi connectivity index (χ3n) is 6.06. The molecule has 3 amide bonds. The number of nitrogens with zero attached hydrogens (tertiary/aromatic N) is 4. The molecule has 0 aliphatic carbocycles. The van der Waals surface area contributed by atoms with Gasteiger partial charge in [0.15, 0.2) is 5.13 Å². The summed E-state index contributed by atoms with van der Waals surface area (Å²) in [6, 6.07) is 10.8. The van der Waals surface area contributed by atoms with E-state index in [1.807, 2.05) is 13.8 Å². The van der Waals surface area contributed by atoms with Crippen LogP contribution >= 0.6 is 23.7 Å². The van der Waals surface area contributed by atoms with E-state index in [1.165, 1.54) is 11.3 Å². The Balaban J connectivity index is 0.00000324. The lowest BCUT2D eigenvalue weighted by Gasteiger charge is -2.26. The van der Waals surface area contributed by atoms with Gasteiger partial charge in [0, 0.05) is 13.1 Å². The molecule has 34 heavy (non-hydrogen) atoms. The molecule has 2 aromatic carbocycles. The molecule has 2 heterocycles. The number of aromatic nitrogens is 1. The zero-order valence-corrected chi connectivity index (χ0v) is 21.5. The topological polar surface area (TPSA) is 73.8 Å². The van der Waals surface area contributed by atoms with E-state index in [0.29, 0.717) is 29.3 Å². The Bertz CT molecular complexity index is 1200. The molecule has 9 heteroatoms. The molecule has 0 unspecified atom stereocenters. The Morgan fingerprint density at radius 1 is 1.00 bits per heavy atom. The van der Waals surface area contributed by atoms with Crippen LogP contribution in [-0.2, 0) is 4.79 Å². The van der Waals surface area contributed by atoms with E-state index in [2.05, 4.69) is 30.9 Å². The van der Waals surface area contributed by atoms with Gasteiger partial charge >= 0.3 is 0 Å². The van der Waals surface area contributed by atoms with Crippen LogP contribution < -0.4 is 4.90 Å². The molecular formula is C25H29ClN4O3S. The molecule has 1 aliphatic heterocycles. The Kier molecular flexibility index (Phi) is 8.07. The average molecular weight is 501 g/mol. The van der Waals surface area contributed by atoms with Gasteiger partial charge in [-0.15, -0.1) is 12.4 Å². The number of halogens is 1. The standard InChI is InChI=1S/C25H28N4O3S.ClH/c1-5-27(6-2)11-12-28(25-26-22-17(4)13-16(3)14-20(22)33-25)21(30)15-29-23(31)18-9-7-8-10-19(18)24(29)32;/h7-10,13-14H,5-6,11-12,15H2,1-4H3;1H. The summed E-state index contributed by atoms with van der Waals surface area (Å²) >= 11 is 1.46. The smallest absolute Gasteiger partial charge is 0.262 e. The highest BCUT2D eigenvalue weighted by Crippen LogP contribution is 2.32. The average Bonchev–Trinajstić information content (AvgIpc) is 3.32. The van der Waals surface area contributed by atoms with Gasteiger partial charge in [0.05, 0.1) is 21.3 Å². The van der Waals surface area contributed by atoms with Gasteiger partial charge in [-0.2, -0.15) is 0 Å². The first-order chi connectivity index (χ1) is 15.8. The van der Waals surface area contributed by atoms with Crippen LogP contribution in [0.2, 0.25) is 0 Å². The lowest BCUT2D eigenvalue weighted by atomic mass is 10.1. The molecule has 0 N–H and O–H groups in total. The summed E-state index contributed by atoms with van der Waals surface area (Å²) in [4.78, 5) is 48.7. The number of fused-ring (bicyclic) bond motifs is 2. The maximum atomic E-state index is 13.5. The Labute approximate surface area is 209 Å². The van der Waals surface area contributed by atoms with Gasteiger partial charge in [0.2, 0.25) is 5.91 Å². The molecule has 1 aromatic heterocycles. The number of likely N-dealkylation sites (N-methyl/N-ethyl adjacent to an activating group) is 1. The SMILES string of the molecule is CCN(CC)CCN(C(=O)CN1C(=O)c2ccccc2C1=O)c1nc2c(C)cc(C)cc2s1.Cl. The van der Waals surface area contributed by atoms with E-state index in [0.717, 1.165) is 39.3 Å². The number of anilines is 1. The third kappa shape index (κ3) is 4.85. The quantitative estimate of drug-likeness (QED) is 0.431. The van der Waals surface area contributed by atoms with Gasteiger partial charge < -0.3 is 4.90 Å². The molecule has 1 aliphatic rings. The van der Waals surface area contributed by atoms with E-state index in [4.69, 9.17) is 4.98 Å². The van der Waals surface area contributed by atoms with Crippen LogP contribution in [-0.4, -0.2) is 65.2 Å². The fourth-order valence-electron chi connectivity index (χ4n) is 4.19. The van der Waals surface area contributed by atoms with Gasteiger partial charge in [-0.1, -0.05) is 43.4 Å². The molecule has 3 aromatic rings. The number of rotatable bonds is 8. The first-order valence-electron chi connectivity index (χ1n) is 11.2. The molecule has 0 atom stereocenters. The lowest BCUT2D eigenvalue weighted by molar-refractivity contribution is -0.119. The highest BCUT2D eigenvalue weighted by Gasteiger charge is 2.37. The van der Waals surface area contributed by atoms with Crippen molar-refractivity contribution in [2.75, 3.05) is 37.6 Å². The van der Waals surface area contributed by atoms with E-state index < -0.39 is 11.8 Å². The maximum Gasteiger partial charge on any atom is 0.262 e. The van der Waals surface area contributed by atoms with E-state index >= 15 is 0 Å². The van der Waals surface area contributed by atoms with Crippen molar-refractivity contribution in [1.82, 2.24) is 14.8 Å². The first kappa shape index (κ1) is 25.8. The molecule has 4 rings (SSSR count). The van der Waals surface area contributed by atoms with Gasteiger partial charge in [0.1, 0.15) is 6.54 Å². The van der Waals surface area contributed by atoms with Gasteiger partial charge in [-0.05, 0) is 56.3 Å². The fourth-order valence-corrected chi connectivity index (χ4v) is 5.37. The first-order valence-corrected chi connectivity index (χ1v) is 12.0. The van der Waals surface area contributed by atoms with E-state index in [9.17, 15) is 14.4 Å². The van der Waals surface area contributed by atoms with Crippen molar-refractivity contribution in [1.29, 1.82) is 0 Å². The van der Waals surface area contributed by atoms with Crippen LogP contribution in [0.4, 0.5) is 5.13 Å². The summed E-state index contributed by atoms with van der Waals surface area (Å²) in [5, 5.41) is 0.590. The highest BCUT2D eigenvalue weighted by molar-refractivity contribution is 7.22. The number of thiazole rings is 1. The largest absolute Gasteiger partial charge is 0.302 e. The number of amides is 3. The van der Waals surface area contributed by atoms with Crippen molar-refractivity contribution < 1.29 is 14.4 Å². The molecular weight excluding hydrogens is 472 g/mol. The normalized spacial score (nSPS) is 12.9. The molecule has 0 radical (unpaired) electrons. The Morgan fingerprint density at radius 3 is 2.21 bits per heavy atom. The van der Waals surface area contributed by atoms with Crippen molar-refractivity contribution in [3.05, 3.63) is 58.7 Å². The van der Waals surface area contributed by atoms with E-state index in [-0.39, 0.29) is 24.9 Å². The summed E-state index contributed by atoms with van der Waals surface area (Å²) in [5.41, 5.74) is 3.76. The minimum absolute atomic E-state index is 0. The van der Waals surface area contributed by atoms with Crippen molar-refractivity contribution >= 4 is 56.8 Å². The Morgan fingerprint density at radius 2 is 1.62 bits per heavy atom. The van der Waals surface area contributed by atoms with Crippen molar-refractivity contribution in [2.45, 2.75) is 27.7 Å². The van der Waals surface area contributed by atoms with Crippen LogP contribution in [0.1, 0.15) is 45.7 Å². The Hall–Kier alpha value is -2.81. The van der Waals surface area contributed by atoms with Crippen LogP contribution in [0, 0.1) is 13.8 Å². The van der Waals surface area contributed by atoms with Gasteiger partial charge in [0.25, 0.3) is 11.8 Å². The maximum absolute atomic E-state index is 13.5. The number of imide groups is 1. The second-order valence-electron chi connectivity index (χ2n) is 8.24. The van der Waals surface area contributed by atoms with Gasteiger partial charge in [-0.3, -0.25) is 24.2 Å². The zero-order valence-electron chi connectivity index (χ0n) is 19.8. The summed E-state index contributed by atoms with van der Waals surface area (Å²) in [7, 11) is 0. The van der Waals surface area contributed by atoms with E-state index in [1.54, 1.807) is 29.2 Å². The number of benzene rings is 2.